The highest BCUT2D eigenvalue weighted by Gasteiger charge is 2.20. The number of benzene rings is 2. The second kappa shape index (κ2) is 9.52. The molecule has 2 aromatic heterocycles. The summed E-state index contributed by atoms with van der Waals surface area (Å²) in [5.74, 6) is 1.32. The van der Waals surface area contributed by atoms with E-state index in [1.165, 1.54) is 29.6 Å². The fourth-order valence-corrected chi connectivity index (χ4v) is 4.24. The molecule has 1 atom stereocenters. The molecule has 2 heterocycles. The number of thioether (sulfide) groups is 1. The molecule has 7 nitrogen and oxygen atoms in total. The first kappa shape index (κ1) is 22.0. The number of nitrogens with zero attached hydrogens (tertiary/aromatic N) is 6. The number of rotatable bonds is 8. The van der Waals surface area contributed by atoms with E-state index in [-0.39, 0.29) is 11.1 Å². The van der Waals surface area contributed by atoms with Crippen molar-refractivity contribution in [2.24, 2.45) is 7.05 Å². The third kappa shape index (κ3) is 4.52. The minimum Gasteiger partial charge on any atom is -0.419 e. The lowest BCUT2D eigenvalue weighted by atomic mass is 10.2. The van der Waals surface area contributed by atoms with Crippen molar-refractivity contribution in [2.45, 2.75) is 31.2 Å². The van der Waals surface area contributed by atoms with Gasteiger partial charge < -0.3 is 13.9 Å². The zero-order valence-electron chi connectivity index (χ0n) is 18.5. The van der Waals surface area contributed by atoms with Crippen molar-refractivity contribution in [1.29, 1.82) is 0 Å². The number of aromatic nitrogens is 5. The molecule has 1 unspecified atom stereocenters. The van der Waals surface area contributed by atoms with Gasteiger partial charge >= 0.3 is 0 Å². The third-order valence-corrected chi connectivity index (χ3v) is 6.37. The normalized spacial score (nSPS) is 12.2. The van der Waals surface area contributed by atoms with Gasteiger partial charge in [0.1, 0.15) is 5.82 Å². The monoisotopic (exact) mass is 452 g/mol. The Labute approximate surface area is 190 Å². The maximum Gasteiger partial charge on any atom is 0.247 e. The molecule has 9 heteroatoms. The van der Waals surface area contributed by atoms with Crippen molar-refractivity contribution >= 4 is 17.4 Å². The van der Waals surface area contributed by atoms with Crippen LogP contribution >= 0.6 is 11.8 Å². The minimum atomic E-state index is -0.307. The van der Waals surface area contributed by atoms with E-state index in [4.69, 9.17) is 4.42 Å². The van der Waals surface area contributed by atoms with Crippen molar-refractivity contribution in [3.8, 4) is 22.8 Å². The van der Waals surface area contributed by atoms with Gasteiger partial charge in [-0.25, -0.2) is 4.39 Å². The zero-order valence-corrected chi connectivity index (χ0v) is 19.3. The number of hydrogen-bond acceptors (Lipinski definition) is 7. The van der Waals surface area contributed by atoms with E-state index in [0.29, 0.717) is 17.3 Å². The van der Waals surface area contributed by atoms with E-state index in [0.717, 1.165) is 29.6 Å². The lowest BCUT2D eigenvalue weighted by Gasteiger charge is -2.21. The fraction of sp³-hybridized carbons (Fsp3) is 0.304. The SMILES string of the molecule is CCN(CC)c1ccc(-c2nnc(SC(C)c3nnc(-c4ccc(F)cc4)o3)n2C)cc1. The molecule has 0 radical (unpaired) electrons. The molecule has 4 rings (SSSR count). The van der Waals surface area contributed by atoms with Crippen molar-refractivity contribution in [3.05, 3.63) is 60.2 Å². The number of anilines is 1. The summed E-state index contributed by atoms with van der Waals surface area (Å²) >= 11 is 1.49. The van der Waals surface area contributed by atoms with Gasteiger partial charge in [0.25, 0.3) is 0 Å². The van der Waals surface area contributed by atoms with Crippen LogP contribution in [0.5, 0.6) is 0 Å². The molecule has 0 aliphatic carbocycles. The Morgan fingerprint density at radius 3 is 2.25 bits per heavy atom. The van der Waals surface area contributed by atoms with Gasteiger partial charge in [-0.15, -0.1) is 20.4 Å². The van der Waals surface area contributed by atoms with Crippen LogP contribution in [0.2, 0.25) is 0 Å². The summed E-state index contributed by atoms with van der Waals surface area (Å²) < 4.78 is 20.9. The summed E-state index contributed by atoms with van der Waals surface area (Å²) in [6.07, 6.45) is 0. The molecule has 0 amide bonds. The minimum absolute atomic E-state index is 0.127. The molecule has 0 aliphatic heterocycles. The average Bonchev–Trinajstić information content (AvgIpc) is 3.44. The first-order valence-electron chi connectivity index (χ1n) is 10.5. The average molecular weight is 453 g/mol. The Hall–Kier alpha value is -3.20. The Morgan fingerprint density at radius 1 is 0.938 bits per heavy atom. The van der Waals surface area contributed by atoms with E-state index in [2.05, 4.69) is 63.4 Å². The van der Waals surface area contributed by atoms with Crippen LogP contribution in [0.4, 0.5) is 10.1 Å². The summed E-state index contributed by atoms with van der Waals surface area (Å²) in [4.78, 5) is 2.30. The largest absolute Gasteiger partial charge is 0.419 e. The molecule has 4 aromatic rings. The molecule has 0 aliphatic rings. The van der Waals surface area contributed by atoms with E-state index >= 15 is 0 Å². The van der Waals surface area contributed by atoms with Crippen LogP contribution in [-0.4, -0.2) is 38.1 Å². The predicted octanol–water partition coefficient (Wildman–Crippen LogP) is 5.37. The lowest BCUT2D eigenvalue weighted by Crippen LogP contribution is -2.21. The highest BCUT2D eigenvalue weighted by atomic mass is 32.2. The van der Waals surface area contributed by atoms with Gasteiger partial charge in [0.15, 0.2) is 11.0 Å². The molecule has 2 aromatic carbocycles. The third-order valence-electron chi connectivity index (χ3n) is 5.25. The summed E-state index contributed by atoms with van der Waals surface area (Å²) in [6, 6.07) is 14.3. The number of halogens is 1. The predicted molar refractivity (Wildman–Crippen MR) is 124 cm³/mol. The van der Waals surface area contributed by atoms with Crippen LogP contribution in [0.1, 0.15) is 31.9 Å². The van der Waals surface area contributed by atoms with Gasteiger partial charge in [0.2, 0.25) is 11.8 Å². The summed E-state index contributed by atoms with van der Waals surface area (Å²) in [5.41, 5.74) is 2.88. The molecule has 0 spiro atoms. The Bertz CT molecular complexity index is 1170. The topological polar surface area (TPSA) is 72.9 Å². The molecule has 0 bridgehead atoms. The summed E-state index contributed by atoms with van der Waals surface area (Å²) in [5, 5.41) is 17.6. The number of hydrogen-bond donors (Lipinski definition) is 0. The van der Waals surface area contributed by atoms with Crippen LogP contribution in [0, 0.1) is 5.82 Å². The Morgan fingerprint density at radius 2 is 1.59 bits per heavy atom. The second-order valence-corrected chi connectivity index (χ2v) is 8.60. The first-order chi connectivity index (χ1) is 15.5. The summed E-state index contributed by atoms with van der Waals surface area (Å²) in [7, 11) is 1.94. The van der Waals surface area contributed by atoms with Crippen molar-refractivity contribution in [3.63, 3.8) is 0 Å². The van der Waals surface area contributed by atoms with E-state index in [1.54, 1.807) is 12.1 Å². The second-order valence-electron chi connectivity index (χ2n) is 7.30. The van der Waals surface area contributed by atoms with E-state index in [9.17, 15) is 4.39 Å². The molecular formula is C23H25FN6OS. The quantitative estimate of drug-likeness (QED) is 0.333. The summed E-state index contributed by atoms with van der Waals surface area (Å²) in [6.45, 7) is 8.21. The Balaban J connectivity index is 1.48. The highest BCUT2D eigenvalue weighted by molar-refractivity contribution is 7.99. The van der Waals surface area contributed by atoms with E-state index in [1.807, 2.05) is 18.5 Å². The standard InChI is InChI=1S/C23H25FN6OS/c1-5-30(6-2)19-13-9-16(10-14-19)20-25-28-23(29(20)4)32-15(3)21-26-27-22(31-21)17-7-11-18(24)12-8-17/h7-15H,5-6H2,1-4H3. The van der Waals surface area contributed by atoms with Gasteiger partial charge in [-0.2, -0.15) is 0 Å². The molecule has 0 saturated heterocycles. The zero-order chi connectivity index (χ0) is 22.7. The van der Waals surface area contributed by atoms with Gasteiger partial charge in [0.05, 0.1) is 5.25 Å². The lowest BCUT2D eigenvalue weighted by molar-refractivity contribution is 0.508. The highest BCUT2D eigenvalue weighted by Crippen LogP contribution is 2.35. The van der Waals surface area contributed by atoms with Gasteiger partial charge in [-0.1, -0.05) is 11.8 Å². The van der Waals surface area contributed by atoms with Gasteiger partial charge in [0, 0.05) is 37.0 Å². The van der Waals surface area contributed by atoms with Crippen molar-refractivity contribution in [1.82, 2.24) is 25.0 Å². The molecular weight excluding hydrogens is 427 g/mol. The molecule has 32 heavy (non-hydrogen) atoms. The van der Waals surface area contributed by atoms with Crippen LogP contribution < -0.4 is 4.90 Å². The first-order valence-corrected chi connectivity index (χ1v) is 11.4. The molecule has 0 N–H and O–H groups in total. The van der Waals surface area contributed by atoms with Gasteiger partial charge in [-0.05, 0) is 69.3 Å². The smallest absolute Gasteiger partial charge is 0.247 e. The molecule has 166 valence electrons. The maximum absolute atomic E-state index is 13.1. The molecule has 0 saturated carbocycles. The van der Waals surface area contributed by atoms with Crippen LogP contribution in [0.25, 0.3) is 22.8 Å². The van der Waals surface area contributed by atoms with Crippen molar-refractivity contribution < 1.29 is 8.81 Å². The van der Waals surface area contributed by atoms with E-state index < -0.39 is 0 Å². The van der Waals surface area contributed by atoms with Crippen LogP contribution in [-0.2, 0) is 7.05 Å². The fourth-order valence-electron chi connectivity index (χ4n) is 3.40. The van der Waals surface area contributed by atoms with Crippen LogP contribution in [0.3, 0.4) is 0 Å². The van der Waals surface area contributed by atoms with Crippen LogP contribution in [0.15, 0.2) is 58.1 Å². The maximum atomic E-state index is 13.1. The Kier molecular flexibility index (Phi) is 6.55. The molecule has 0 fully saturated rings. The van der Waals surface area contributed by atoms with Gasteiger partial charge in [-0.3, -0.25) is 0 Å². The van der Waals surface area contributed by atoms with Crippen molar-refractivity contribution in [2.75, 3.05) is 18.0 Å².